The van der Waals surface area contributed by atoms with Gasteiger partial charge < -0.3 is 5.32 Å². The van der Waals surface area contributed by atoms with Gasteiger partial charge in [-0.2, -0.15) is 0 Å². The molecule has 0 aliphatic heterocycles. The summed E-state index contributed by atoms with van der Waals surface area (Å²) in [6, 6.07) is 4.66. The largest absolute Gasteiger partial charge is 0.310 e. The second-order valence-electron chi connectivity index (χ2n) is 5.05. The maximum absolute atomic E-state index is 13.2. The second-order valence-corrected chi connectivity index (χ2v) is 8.38. The average Bonchev–Trinajstić information content (AvgIpc) is 2.43. The number of sulfone groups is 1. The predicted octanol–water partition coefficient (Wildman–Crippen LogP) is 3.84. The molecule has 1 atom stereocenters. The van der Waals surface area contributed by atoms with Gasteiger partial charge in [0, 0.05) is 16.3 Å². The van der Waals surface area contributed by atoms with E-state index in [1.165, 1.54) is 12.1 Å². The molecule has 0 saturated heterocycles. The summed E-state index contributed by atoms with van der Waals surface area (Å²) in [4.78, 5) is 0. The van der Waals surface area contributed by atoms with Crippen LogP contribution in [0, 0.1) is 5.82 Å². The van der Waals surface area contributed by atoms with Gasteiger partial charge in [-0.15, -0.1) is 0 Å². The molecule has 6 heteroatoms. The number of hydrogen-bond donors (Lipinski definition) is 1. The fourth-order valence-corrected chi connectivity index (χ4v) is 3.64. The van der Waals surface area contributed by atoms with E-state index in [0.29, 0.717) is 12.8 Å². The SMILES string of the molecule is CCCNC(CCCS(=O)(=O)CC)c1ccc(F)cc1Br. The van der Waals surface area contributed by atoms with Crippen LogP contribution in [0.15, 0.2) is 22.7 Å². The van der Waals surface area contributed by atoms with Crippen molar-refractivity contribution < 1.29 is 12.8 Å². The minimum absolute atomic E-state index is 0.0342. The van der Waals surface area contributed by atoms with Gasteiger partial charge in [-0.05, 0) is 43.5 Å². The van der Waals surface area contributed by atoms with E-state index in [-0.39, 0.29) is 23.4 Å². The lowest BCUT2D eigenvalue weighted by Crippen LogP contribution is -2.23. The van der Waals surface area contributed by atoms with Crippen LogP contribution < -0.4 is 5.32 Å². The van der Waals surface area contributed by atoms with Crippen molar-refractivity contribution in [3.63, 3.8) is 0 Å². The molecule has 0 amide bonds. The van der Waals surface area contributed by atoms with Crippen LogP contribution in [0.1, 0.15) is 44.7 Å². The zero-order valence-electron chi connectivity index (χ0n) is 12.5. The Kier molecular flexibility index (Phi) is 7.84. The Bertz CT molecular complexity index is 549. The first-order chi connectivity index (χ1) is 9.89. The molecule has 0 bridgehead atoms. The van der Waals surface area contributed by atoms with Crippen molar-refractivity contribution in [3.8, 4) is 0 Å². The Labute approximate surface area is 135 Å². The highest BCUT2D eigenvalue weighted by Gasteiger charge is 2.16. The first-order valence-corrected chi connectivity index (χ1v) is 9.89. The molecular weight excluding hydrogens is 357 g/mol. The van der Waals surface area contributed by atoms with Crippen molar-refractivity contribution in [2.75, 3.05) is 18.1 Å². The number of hydrogen-bond acceptors (Lipinski definition) is 3. The summed E-state index contributed by atoms with van der Waals surface area (Å²) in [6.45, 7) is 4.58. The number of rotatable bonds is 9. The summed E-state index contributed by atoms with van der Waals surface area (Å²) in [5, 5.41) is 3.40. The molecule has 0 radical (unpaired) electrons. The van der Waals surface area contributed by atoms with Crippen molar-refractivity contribution in [3.05, 3.63) is 34.1 Å². The lowest BCUT2D eigenvalue weighted by molar-refractivity contribution is 0.489. The molecule has 0 spiro atoms. The van der Waals surface area contributed by atoms with E-state index in [4.69, 9.17) is 0 Å². The normalized spacial score (nSPS) is 13.3. The van der Waals surface area contributed by atoms with Gasteiger partial charge >= 0.3 is 0 Å². The van der Waals surface area contributed by atoms with E-state index in [2.05, 4.69) is 28.2 Å². The maximum Gasteiger partial charge on any atom is 0.150 e. The average molecular weight is 380 g/mol. The fourth-order valence-electron chi connectivity index (χ4n) is 2.12. The fraction of sp³-hybridized carbons (Fsp3) is 0.600. The van der Waals surface area contributed by atoms with Gasteiger partial charge in [0.1, 0.15) is 15.7 Å². The van der Waals surface area contributed by atoms with Gasteiger partial charge in [0.05, 0.1) is 5.75 Å². The van der Waals surface area contributed by atoms with Crippen LogP contribution in [0.3, 0.4) is 0 Å². The molecule has 3 nitrogen and oxygen atoms in total. The minimum atomic E-state index is -2.93. The summed E-state index contributed by atoms with van der Waals surface area (Å²) >= 11 is 3.39. The zero-order valence-corrected chi connectivity index (χ0v) is 14.9. The minimum Gasteiger partial charge on any atom is -0.310 e. The lowest BCUT2D eigenvalue weighted by Gasteiger charge is -2.20. The molecule has 0 aliphatic carbocycles. The Morgan fingerprint density at radius 1 is 1.33 bits per heavy atom. The topological polar surface area (TPSA) is 46.2 Å². The number of benzene rings is 1. The summed E-state index contributed by atoms with van der Waals surface area (Å²) < 4.78 is 37.0. The lowest BCUT2D eigenvalue weighted by atomic mass is 10.0. The van der Waals surface area contributed by atoms with Gasteiger partial charge in [0.25, 0.3) is 0 Å². The van der Waals surface area contributed by atoms with E-state index in [1.807, 2.05) is 0 Å². The summed E-state index contributed by atoms with van der Waals surface area (Å²) in [5.74, 6) is 0.0980. The Morgan fingerprint density at radius 3 is 2.62 bits per heavy atom. The van der Waals surface area contributed by atoms with E-state index >= 15 is 0 Å². The van der Waals surface area contributed by atoms with Crippen molar-refractivity contribution in [2.45, 2.75) is 39.2 Å². The van der Waals surface area contributed by atoms with Gasteiger partial charge in [-0.1, -0.05) is 35.8 Å². The van der Waals surface area contributed by atoms with Crippen LogP contribution in [0.2, 0.25) is 0 Å². The van der Waals surface area contributed by atoms with Crippen LogP contribution in [0.4, 0.5) is 4.39 Å². The van der Waals surface area contributed by atoms with Crippen LogP contribution in [0.25, 0.3) is 0 Å². The third-order valence-electron chi connectivity index (χ3n) is 3.37. The molecule has 1 N–H and O–H groups in total. The molecule has 1 rings (SSSR count). The first kappa shape index (κ1) is 18.6. The Hall–Kier alpha value is -0.460. The van der Waals surface area contributed by atoms with Crippen LogP contribution in [-0.2, 0) is 9.84 Å². The monoisotopic (exact) mass is 379 g/mol. The molecular formula is C15H23BrFNO2S. The number of halogens is 2. The molecule has 1 aromatic rings. The van der Waals surface area contributed by atoms with Crippen molar-refractivity contribution in [2.24, 2.45) is 0 Å². The number of nitrogens with one attached hydrogen (secondary N) is 1. The third-order valence-corrected chi connectivity index (χ3v) is 5.84. The third kappa shape index (κ3) is 6.45. The zero-order chi connectivity index (χ0) is 15.9. The molecule has 0 saturated carbocycles. The van der Waals surface area contributed by atoms with Crippen LogP contribution in [-0.4, -0.2) is 26.5 Å². The molecule has 120 valence electrons. The van der Waals surface area contributed by atoms with Crippen LogP contribution in [0.5, 0.6) is 0 Å². The van der Waals surface area contributed by atoms with E-state index in [1.54, 1.807) is 13.0 Å². The Morgan fingerprint density at radius 2 is 2.05 bits per heavy atom. The molecule has 1 aromatic carbocycles. The highest BCUT2D eigenvalue weighted by molar-refractivity contribution is 9.10. The molecule has 0 heterocycles. The van der Waals surface area contributed by atoms with E-state index in [0.717, 1.165) is 23.0 Å². The summed E-state index contributed by atoms with van der Waals surface area (Å²) in [6.07, 6.45) is 2.30. The standard InChI is InChI=1S/C15H23BrFNO2S/c1-3-9-18-15(6-5-10-21(19,20)4-2)13-8-7-12(17)11-14(13)16/h7-8,11,15,18H,3-6,9-10H2,1-2H3. The molecule has 0 fully saturated rings. The highest BCUT2D eigenvalue weighted by atomic mass is 79.9. The molecule has 0 aromatic heterocycles. The van der Waals surface area contributed by atoms with Crippen LogP contribution >= 0.6 is 15.9 Å². The summed E-state index contributed by atoms with van der Waals surface area (Å²) in [5.41, 5.74) is 0.971. The Balaban J connectivity index is 2.76. The van der Waals surface area contributed by atoms with Gasteiger partial charge in [-0.25, -0.2) is 12.8 Å². The van der Waals surface area contributed by atoms with Crippen molar-refractivity contribution >= 4 is 25.8 Å². The van der Waals surface area contributed by atoms with E-state index in [9.17, 15) is 12.8 Å². The van der Waals surface area contributed by atoms with Gasteiger partial charge in [-0.3, -0.25) is 0 Å². The van der Waals surface area contributed by atoms with Gasteiger partial charge in [0.2, 0.25) is 0 Å². The predicted molar refractivity (Wildman–Crippen MR) is 88.7 cm³/mol. The first-order valence-electron chi connectivity index (χ1n) is 7.28. The van der Waals surface area contributed by atoms with Crippen molar-refractivity contribution in [1.29, 1.82) is 0 Å². The van der Waals surface area contributed by atoms with E-state index < -0.39 is 9.84 Å². The highest BCUT2D eigenvalue weighted by Crippen LogP contribution is 2.27. The quantitative estimate of drug-likeness (QED) is 0.708. The second kappa shape index (κ2) is 8.86. The van der Waals surface area contributed by atoms with Crippen molar-refractivity contribution in [1.82, 2.24) is 5.32 Å². The maximum atomic E-state index is 13.2. The smallest absolute Gasteiger partial charge is 0.150 e. The molecule has 0 aliphatic rings. The molecule has 1 unspecified atom stereocenters. The van der Waals surface area contributed by atoms with Gasteiger partial charge in [0.15, 0.2) is 0 Å². The molecule has 21 heavy (non-hydrogen) atoms. The summed E-state index contributed by atoms with van der Waals surface area (Å²) in [7, 11) is -2.93.